The first-order valence-corrected chi connectivity index (χ1v) is 10.2. The summed E-state index contributed by atoms with van der Waals surface area (Å²) in [6.07, 6.45) is 0.787. The minimum absolute atomic E-state index is 0.588. The van der Waals surface area contributed by atoms with Crippen LogP contribution in [0.4, 0.5) is 0 Å². The van der Waals surface area contributed by atoms with Gasteiger partial charge in [0, 0.05) is 22.4 Å². The number of aryl methyl sites for hydroxylation is 2. The van der Waals surface area contributed by atoms with Crippen LogP contribution in [0.5, 0.6) is 0 Å². The molecular formula is C19H17Cl2NS2. The van der Waals surface area contributed by atoms with Gasteiger partial charge in [-0.3, -0.25) is 0 Å². The van der Waals surface area contributed by atoms with Crippen molar-refractivity contribution in [2.24, 2.45) is 0 Å². The molecule has 0 unspecified atom stereocenters. The van der Waals surface area contributed by atoms with E-state index in [-0.39, 0.29) is 0 Å². The second-order valence-corrected chi connectivity index (χ2v) is 8.41. The molecule has 0 bridgehead atoms. The maximum Gasteiger partial charge on any atom is 0.0972 e. The van der Waals surface area contributed by atoms with Crippen LogP contribution in [0.15, 0.2) is 46.7 Å². The lowest BCUT2D eigenvalue weighted by Gasteiger charge is -2.07. The topological polar surface area (TPSA) is 12.9 Å². The zero-order chi connectivity index (χ0) is 17.1. The van der Waals surface area contributed by atoms with Crippen molar-refractivity contribution >= 4 is 46.3 Å². The molecule has 0 saturated heterocycles. The summed E-state index contributed by atoms with van der Waals surface area (Å²) >= 11 is 15.6. The molecule has 3 aromatic rings. The van der Waals surface area contributed by atoms with Gasteiger partial charge < -0.3 is 0 Å². The van der Waals surface area contributed by atoms with Crippen molar-refractivity contribution in [1.82, 2.24) is 4.98 Å². The van der Waals surface area contributed by atoms with E-state index in [0.29, 0.717) is 10.0 Å². The van der Waals surface area contributed by atoms with E-state index in [1.54, 1.807) is 11.3 Å². The molecule has 0 aliphatic carbocycles. The Balaban J connectivity index is 1.66. The van der Waals surface area contributed by atoms with Gasteiger partial charge in [-0.1, -0.05) is 47.5 Å². The summed E-state index contributed by atoms with van der Waals surface area (Å²) < 4.78 is 0. The number of benzene rings is 2. The number of nitrogens with zero attached hydrogens (tertiary/aromatic N) is 1. The lowest BCUT2D eigenvalue weighted by Crippen LogP contribution is -1.90. The zero-order valence-electron chi connectivity index (χ0n) is 13.5. The molecule has 2 aromatic carbocycles. The van der Waals surface area contributed by atoms with E-state index < -0.39 is 0 Å². The Bertz CT molecular complexity index is 838. The predicted molar refractivity (Wildman–Crippen MR) is 107 cm³/mol. The zero-order valence-corrected chi connectivity index (χ0v) is 16.6. The summed E-state index contributed by atoms with van der Waals surface area (Å²) in [5.41, 5.74) is 4.91. The van der Waals surface area contributed by atoms with Gasteiger partial charge in [-0.15, -0.1) is 23.1 Å². The van der Waals surface area contributed by atoms with Gasteiger partial charge in [0.25, 0.3) is 0 Å². The molecular weight excluding hydrogens is 377 g/mol. The molecule has 24 heavy (non-hydrogen) atoms. The number of thioether (sulfide) groups is 1. The Kier molecular flexibility index (Phi) is 5.88. The average molecular weight is 394 g/mol. The maximum atomic E-state index is 6.08. The molecule has 0 spiro atoms. The summed E-state index contributed by atoms with van der Waals surface area (Å²) in [6.45, 7) is 4.32. The minimum Gasteiger partial charge on any atom is -0.245 e. The molecule has 0 saturated carbocycles. The van der Waals surface area contributed by atoms with Crippen molar-refractivity contribution in [3.05, 3.63) is 79.2 Å². The predicted octanol–water partition coefficient (Wildman–Crippen LogP) is 6.95. The van der Waals surface area contributed by atoms with Gasteiger partial charge in [-0.05, 0) is 42.7 Å². The second-order valence-electron chi connectivity index (χ2n) is 5.67. The number of hydrogen-bond donors (Lipinski definition) is 0. The highest BCUT2D eigenvalue weighted by Crippen LogP contribution is 2.30. The molecule has 0 fully saturated rings. The lowest BCUT2D eigenvalue weighted by atomic mass is 10.2. The summed E-state index contributed by atoms with van der Waals surface area (Å²) in [6, 6.07) is 12.2. The van der Waals surface area contributed by atoms with Crippen molar-refractivity contribution in [3.8, 4) is 0 Å². The van der Waals surface area contributed by atoms with Gasteiger partial charge in [0.1, 0.15) is 0 Å². The summed E-state index contributed by atoms with van der Waals surface area (Å²) in [7, 11) is 0. The van der Waals surface area contributed by atoms with Gasteiger partial charge in [0.15, 0.2) is 0 Å². The molecule has 0 aliphatic heterocycles. The Morgan fingerprint density at radius 2 is 1.79 bits per heavy atom. The molecule has 124 valence electrons. The average Bonchev–Trinajstić information content (AvgIpc) is 2.98. The second kappa shape index (κ2) is 7.92. The van der Waals surface area contributed by atoms with E-state index in [1.807, 2.05) is 30.0 Å². The number of rotatable bonds is 5. The van der Waals surface area contributed by atoms with Crippen LogP contribution in [0.2, 0.25) is 10.0 Å². The first-order valence-electron chi connectivity index (χ1n) is 7.59. The number of aromatic nitrogens is 1. The molecule has 0 radical (unpaired) electrons. The highest BCUT2D eigenvalue weighted by molar-refractivity contribution is 7.98. The number of halogens is 2. The van der Waals surface area contributed by atoms with Crippen molar-refractivity contribution in [1.29, 1.82) is 0 Å². The van der Waals surface area contributed by atoms with E-state index in [2.05, 4.69) is 37.4 Å². The van der Waals surface area contributed by atoms with Crippen molar-refractivity contribution < 1.29 is 0 Å². The minimum atomic E-state index is 0.588. The van der Waals surface area contributed by atoms with Gasteiger partial charge in [0.2, 0.25) is 0 Å². The Morgan fingerprint density at radius 1 is 1.04 bits per heavy atom. The van der Waals surface area contributed by atoms with Gasteiger partial charge in [-0.25, -0.2) is 4.98 Å². The SMILES string of the molecule is Cc1cccc(C)c1SCc1csc(Cc2ccc(Cl)c(Cl)c2)n1. The lowest BCUT2D eigenvalue weighted by molar-refractivity contribution is 1.09. The van der Waals surface area contributed by atoms with E-state index in [9.17, 15) is 0 Å². The standard InChI is InChI=1S/C19H17Cl2NS2/c1-12-4-3-5-13(2)19(12)24-11-15-10-23-18(22-15)9-14-6-7-16(20)17(21)8-14/h3-8,10H,9,11H2,1-2H3. The fraction of sp³-hybridized carbons (Fsp3) is 0.211. The summed E-state index contributed by atoms with van der Waals surface area (Å²) in [5, 5.41) is 4.43. The Hall–Kier alpha value is -1.00. The van der Waals surface area contributed by atoms with Crippen LogP contribution in [0.3, 0.4) is 0 Å². The van der Waals surface area contributed by atoms with Crippen LogP contribution in [0.1, 0.15) is 27.4 Å². The largest absolute Gasteiger partial charge is 0.245 e. The fourth-order valence-electron chi connectivity index (χ4n) is 2.49. The van der Waals surface area contributed by atoms with Crippen LogP contribution < -0.4 is 0 Å². The number of thiazole rings is 1. The smallest absolute Gasteiger partial charge is 0.0972 e. The third-order valence-electron chi connectivity index (χ3n) is 3.71. The maximum absolute atomic E-state index is 6.08. The van der Waals surface area contributed by atoms with Crippen molar-refractivity contribution in [2.45, 2.75) is 30.9 Å². The first kappa shape index (κ1) is 17.8. The monoisotopic (exact) mass is 393 g/mol. The van der Waals surface area contributed by atoms with Crippen LogP contribution in [0.25, 0.3) is 0 Å². The summed E-state index contributed by atoms with van der Waals surface area (Å²) in [5.74, 6) is 0.892. The Morgan fingerprint density at radius 3 is 2.50 bits per heavy atom. The Labute approximate surface area is 161 Å². The summed E-state index contributed by atoms with van der Waals surface area (Å²) in [4.78, 5) is 6.11. The molecule has 1 aromatic heterocycles. The highest BCUT2D eigenvalue weighted by Gasteiger charge is 2.08. The first-order chi connectivity index (χ1) is 11.5. The van der Waals surface area contributed by atoms with E-state index in [1.165, 1.54) is 16.0 Å². The van der Waals surface area contributed by atoms with Crippen LogP contribution in [0, 0.1) is 13.8 Å². The molecule has 0 N–H and O–H groups in total. The normalized spacial score (nSPS) is 11.0. The van der Waals surface area contributed by atoms with Gasteiger partial charge >= 0.3 is 0 Å². The van der Waals surface area contributed by atoms with Crippen LogP contribution >= 0.6 is 46.3 Å². The fourth-order valence-corrected chi connectivity index (χ4v) is 4.78. The highest BCUT2D eigenvalue weighted by atomic mass is 35.5. The molecule has 3 rings (SSSR count). The van der Waals surface area contributed by atoms with E-state index in [0.717, 1.165) is 28.4 Å². The molecule has 0 aliphatic rings. The van der Waals surface area contributed by atoms with Gasteiger partial charge in [0.05, 0.1) is 20.7 Å². The van der Waals surface area contributed by atoms with Crippen molar-refractivity contribution in [2.75, 3.05) is 0 Å². The van der Waals surface area contributed by atoms with Crippen molar-refractivity contribution in [3.63, 3.8) is 0 Å². The van der Waals surface area contributed by atoms with Crippen LogP contribution in [-0.4, -0.2) is 4.98 Å². The molecule has 0 amide bonds. The molecule has 5 heteroatoms. The van der Waals surface area contributed by atoms with E-state index in [4.69, 9.17) is 28.2 Å². The third kappa shape index (κ3) is 4.34. The van der Waals surface area contributed by atoms with E-state index >= 15 is 0 Å². The quantitative estimate of drug-likeness (QED) is 0.434. The molecule has 1 heterocycles. The molecule has 0 atom stereocenters. The van der Waals surface area contributed by atoms with Gasteiger partial charge in [-0.2, -0.15) is 0 Å². The number of hydrogen-bond acceptors (Lipinski definition) is 3. The third-order valence-corrected chi connectivity index (χ3v) is 6.72. The van der Waals surface area contributed by atoms with Crippen LogP contribution in [-0.2, 0) is 12.2 Å². The molecule has 1 nitrogen and oxygen atoms in total.